The van der Waals surface area contributed by atoms with E-state index in [4.69, 9.17) is 9.47 Å². The first-order chi connectivity index (χ1) is 11.4. The van der Waals surface area contributed by atoms with E-state index < -0.39 is 5.60 Å². The quantitative estimate of drug-likeness (QED) is 0.511. The number of amides is 1. The number of methoxy groups -OCH3 is 1. The summed E-state index contributed by atoms with van der Waals surface area (Å²) in [5, 5.41) is 0. The SMILES string of the molecule is COCCCCN(Cc1cccc(CC=O)c1)C(=O)OC(C)(C)C. The smallest absolute Gasteiger partial charge is 0.410 e. The van der Waals surface area contributed by atoms with Crippen molar-refractivity contribution in [3.8, 4) is 0 Å². The van der Waals surface area contributed by atoms with Crippen LogP contribution < -0.4 is 0 Å². The zero-order valence-electron chi connectivity index (χ0n) is 15.2. The van der Waals surface area contributed by atoms with Crippen LogP contribution >= 0.6 is 0 Å². The molecule has 24 heavy (non-hydrogen) atoms. The molecular weight excluding hydrogens is 306 g/mol. The maximum atomic E-state index is 12.5. The van der Waals surface area contributed by atoms with Gasteiger partial charge in [0, 0.05) is 33.2 Å². The molecule has 0 aliphatic carbocycles. The van der Waals surface area contributed by atoms with E-state index in [0.29, 0.717) is 26.1 Å². The minimum Gasteiger partial charge on any atom is -0.444 e. The molecule has 134 valence electrons. The minimum absolute atomic E-state index is 0.319. The summed E-state index contributed by atoms with van der Waals surface area (Å²) in [4.78, 5) is 24.8. The van der Waals surface area contributed by atoms with Gasteiger partial charge in [0.1, 0.15) is 11.9 Å². The highest BCUT2D eigenvalue weighted by atomic mass is 16.6. The van der Waals surface area contributed by atoms with Crippen LogP contribution in [0.4, 0.5) is 4.79 Å². The Kier molecular flexibility index (Phi) is 8.47. The highest BCUT2D eigenvalue weighted by molar-refractivity contribution is 5.68. The van der Waals surface area contributed by atoms with E-state index in [1.165, 1.54) is 0 Å². The largest absolute Gasteiger partial charge is 0.444 e. The second kappa shape index (κ2) is 10.1. The Balaban J connectivity index is 2.77. The van der Waals surface area contributed by atoms with Crippen molar-refractivity contribution >= 4 is 12.4 Å². The number of hydrogen-bond donors (Lipinski definition) is 0. The second-order valence-electron chi connectivity index (χ2n) is 6.79. The summed E-state index contributed by atoms with van der Waals surface area (Å²) in [5.41, 5.74) is 1.42. The number of carbonyl (C=O) groups excluding carboxylic acids is 2. The van der Waals surface area contributed by atoms with E-state index >= 15 is 0 Å². The minimum atomic E-state index is -0.527. The molecule has 1 aromatic carbocycles. The van der Waals surface area contributed by atoms with Crippen LogP contribution in [0.25, 0.3) is 0 Å². The Hall–Kier alpha value is -1.88. The first-order valence-electron chi connectivity index (χ1n) is 8.34. The van der Waals surface area contributed by atoms with Crippen LogP contribution in [0.1, 0.15) is 44.7 Å². The van der Waals surface area contributed by atoms with Crippen LogP contribution in [-0.2, 0) is 27.2 Å². The number of ether oxygens (including phenoxy) is 2. The number of hydrogen-bond acceptors (Lipinski definition) is 4. The number of benzene rings is 1. The van der Waals surface area contributed by atoms with Gasteiger partial charge in [0.25, 0.3) is 0 Å². The van der Waals surface area contributed by atoms with Crippen LogP contribution in [0.2, 0.25) is 0 Å². The topological polar surface area (TPSA) is 55.8 Å². The van der Waals surface area contributed by atoms with E-state index in [-0.39, 0.29) is 6.09 Å². The predicted octanol–water partition coefficient (Wildman–Crippen LogP) is 3.59. The lowest BCUT2D eigenvalue weighted by molar-refractivity contribution is -0.107. The normalized spacial score (nSPS) is 11.2. The predicted molar refractivity (Wildman–Crippen MR) is 94.0 cm³/mol. The Labute approximate surface area is 144 Å². The molecule has 5 heteroatoms. The van der Waals surface area contributed by atoms with Crippen LogP contribution in [0, 0.1) is 0 Å². The van der Waals surface area contributed by atoms with E-state index in [1.54, 1.807) is 12.0 Å². The lowest BCUT2D eigenvalue weighted by Gasteiger charge is -2.27. The molecule has 0 bridgehead atoms. The number of aldehydes is 1. The van der Waals surface area contributed by atoms with Gasteiger partial charge >= 0.3 is 6.09 Å². The van der Waals surface area contributed by atoms with Gasteiger partial charge in [-0.05, 0) is 44.7 Å². The average molecular weight is 335 g/mol. The molecule has 0 saturated heterocycles. The highest BCUT2D eigenvalue weighted by Gasteiger charge is 2.22. The Bertz CT molecular complexity index is 522. The summed E-state index contributed by atoms with van der Waals surface area (Å²) in [6.07, 6.45) is 2.69. The number of rotatable bonds is 9. The molecule has 1 aromatic rings. The molecule has 0 unspecified atom stereocenters. The molecular formula is C19H29NO4. The molecule has 0 heterocycles. The van der Waals surface area contributed by atoms with Gasteiger partial charge in [0.2, 0.25) is 0 Å². The molecule has 0 aromatic heterocycles. The van der Waals surface area contributed by atoms with E-state index in [9.17, 15) is 9.59 Å². The summed E-state index contributed by atoms with van der Waals surface area (Å²) in [6, 6.07) is 7.74. The van der Waals surface area contributed by atoms with Gasteiger partial charge in [-0.25, -0.2) is 4.79 Å². The summed E-state index contributed by atoms with van der Waals surface area (Å²) in [7, 11) is 1.67. The maximum absolute atomic E-state index is 12.5. The molecule has 0 N–H and O–H groups in total. The van der Waals surface area contributed by atoms with E-state index in [0.717, 1.165) is 30.3 Å². The fourth-order valence-corrected chi connectivity index (χ4v) is 2.28. The lowest BCUT2D eigenvalue weighted by atomic mass is 10.1. The van der Waals surface area contributed by atoms with E-state index in [1.807, 2.05) is 45.0 Å². The van der Waals surface area contributed by atoms with Gasteiger partial charge in [0.15, 0.2) is 0 Å². The van der Waals surface area contributed by atoms with Crippen molar-refractivity contribution in [1.29, 1.82) is 0 Å². The van der Waals surface area contributed by atoms with Crippen molar-refractivity contribution in [3.63, 3.8) is 0 Å². The third kappa shape index (κ3) is 8.11. The molecule has 0 aliphatic rings. The third-order valence-corrected chi connectivity index (χ3v) is 3.36. The summed E-state index contributed by atoms with van der Waals surface area (Å²) >= 11 is 0. The van der Waals surface area contributed by atoms with Gasteiger partial charge in [-0.2, -0.15) is 0 Å². The van der Waals surface area contributed by atoms with Crippen LogP contribution in [-0.4, -0.2) is 43.1 Å². The standard InChI is InChI=1S/C19H29NO4/c1-19(2,3)24-18(22)20(11-5-6-13-23-4)15-17-9-7-8-16(14-17)10-12-21/h7-9,12,14H,5-6,10-11,13,15H2,1-4H3. The maximum Gasteiger partial charge on any atom is 0.410 e. The summed E-state index contributed by atoms with van der Waals surface area (Å²) in [6.45, 7) is 7.33. The molecule has 5 nitrogen and oxygen atoms in total. The van der Waals surface area contributed by atoms with Gasteiger partial charge in [-0.1, -0.05) is 24.3 Å². The van der Waals surface area contributed by atoms with Crippen LogP contribution in [0.15, 0.2) is 24.3 Å². The monoisotopic (exact) mass is 335 g/mol. The van der Waals surface area contributed by atoms with Gasteiger partial charge in [-0.3, -0.25) is 0 Å². The van der Waals surface area contributed by atoms with Crippen LogP contribution in [0.3, 0.4) is 0 Å². The number of unbranched alkanes of at least 4 members (excludes halogenated alkanes) is 1. The first kappa shape index (κ1) is 20.2. The molecule has 0 atom stereocenters. The fourth-order valence-electron chi connectivity index (χ4n) is 2.28. The average Bonchev–Trinajstić information content (AvgIpc) is 2.49. The first-order valence-corrected chi connectivity index (χ1v) is 8.34. The van der Waals surface area contributed by atoms with Crippen LogP contribution in [0.5, 0.6) is 0 Å². The zero-order chi connectivity index (χ0) is 18.0. The summed E-state index contributed by atoms with van der Waals surface area (Å²) < 4.78 is 10.6. The van der Waals surface area contributed by atoms with Crippen molar-refractivity contribution in [1.82, 2.24) is 4.90 Å². The van der Waals surface area contributed by atoms with Crippen molar-refractivity contribution < 1.29 is 19.1 Å². The Morgan fingerprint density at radius 2 is 1.92 bits per heavy atom. The fraction of sp³-hybridized carbons (Fsp3) is 0.579. The second-order valence-corrected chi connectivity index (χ2v) is 6.79. The molecule has 0 aliphatic heterocycles. The molecule has 0 spiro atoms. The van der Waals surface area contributed by atoms with Gasteiger partial charge in [0.05, 0.1) is 0 Å². The molecule has 0 fully saturated rings. The van der Waals surface area contributed by atoms with E-state index in [2.05, 4.69) is 0 Å². The molecule has 1 rings (SSSR count). The Morgan fingerprint density at radius 1 is 1.21 bits per heavy atom. The third-order valence-electron chi connectivity index (χ3n) is 3.36. The lowest BCUT2D eigenvalue weighted by Crippen LogP contribution is -2.37. The molecule has 1 amide bonds. The zero-order valence-corrected chi connectivity index (χ0v) is 15.2. The Morgan fingerprint density at radius 3 is 2.54 bits per heavy atom. The van der Waals surface area contributed by atoms with Gasteiger partial charge in [-0.15, -0.1) is 0 Å². The van der Waals surface area contributed by atoms with Crippen molar-refractivity contribution in [3.05, 3.63) is 35.4 Å². The summed E-state index contributed by atoms with van der Waals surface area (Å²) in [5.74, 6) is 0. The van der Waals surface area contributed by atoms with Crippen molar-refractivity contribution in [2.75, 3.05) is 20.3 Å². The highest BCUT2D eigenvalue weighted by Crippen LogP contribution is 2.14. The van der Waals surface area contributed by atoms with Crippen molar-refractivity contribution in [2.24, 2.45) is 0 Å². The number of carbonyl (C=O) groups is 2. The van der Waals surface area contributed by atoms with Crippen molar-refractivity contribution in [2.45, 2.75) is 52.2 Å². The molecule has 0 radical (unpaired) electrons. The van der Waals surface area contributed by atoms with Gasteiger partial charge < -0.3 is 19.2 Å². The number of nitrogens with zero attached hydrogens (tertiary/aromatic N) is 1. The molecule has 0 saturated carbocycles.